The van der Waals surface area contributed by atoms with Gasteiger partial charge in [0.05, 0.1) is 64.6 Å². The van der Waals surface area contributed by atoms with E-state index in [-0.39, 0.29) is 42.0 Å². The molecule has 4 aliphatic heterocycles. The fraction of sp³-hybridized carbons (Fsp3) is 0.933. The lowest BCUT2D eigenvalue weighted by atomic mass is 9.76. The number of rotatable bonds is 7. The maximum atomic E-state index is 11.0. The second kappa shape index (κ2) is 10.6. The van der Waals surface area contributed by atoms with Crippen molar-refractivity contribution in [3.63, 3.8) is 0 Å². The third-order valence-corrected chi connectivity index (χ3v) is 11.5. The van der Waals surface area contributed by atoms with Crippen molar-refractivity contribution in [2.24, 2.45) is 0 Å². The summed E-state index contributed by atoms with van der Waals surface area (Å²) in [5.74, 6) is 0. The van der Waals surface area contributed by atoms with Crippen molar-refractivity contribution < 1.29 is 34.3 Å². The van der Waals surface area contributed by atoms with Crippen molar-refractivity contribution in [3.8, 4) is 0 Å². The van der Waals surface area contributed by atoms with Crippen molar-refractivity contribution in [1.29, 1.82) is 0 Å². The average molecular weight is 604 g/mol. The third kappa shape index (κ3) is 6.08. The minimum absolute atomic E-state index is 0.0174. The Morgan fingerprint density at radius 3 is 2.16 bits per heavy atom. The smallest absolute Gasteiger partial charge is 0.0924 e. The van der Waals surface area contributed by atoms with Gasteiger partial charge in [-0.05, 0) is 105 Å². The molecular weight excluding hydrogens is 552 g/mol. The summed E-state index contributed by atoms with van der Waals surface area (Å²) in [7, 11) is 0. The monoisotopic (exact) mass is 602 g/mol. The van der Waals surface area contributed by atoms with Crippen LogP contribution in [0.25, 0.3) is 0 Å². The van der Waals surface area contributed by atoms with Crippen molar-refractivity contribution in [3.05, 3.63) is 12.2 Å². The van der Waals surface area contributed by atoms with Gasteiger partial charge < -0.3 is 34.3 Å². The van der Waals surface area contributed by atoms with Crippen LogP contribution in [0.4, 0.5) is 0 Å². The highest BCUT2D eigenvalue weighted by Crippen LogP contribution is 2.48. The van der Waals surface area contributed by atoms with E-state index in [1.165, 1.54) is 0 Å². The number of hydrogen-bond acceptors (Lipinski definition) is 7. The Morgan fingerprint density at radius 1 is 0.921 bits per heavy atom. The van der Waals surface area contributed by atoms with E-state index < -0.39 is 29.0 Å². The summed E-state index contributed by atoms with van der Waals surface area (Å²) in [4.78, 5) is 0.331. The topological polar surface area (TPSA) is 97.6 Å². The summed E-state index contributed by atoms with van der Waals surface area (Å²) >= 11 is 3.78. The molecule has 0 saturated carbocycles. The highest BCUT2D eigenvalue weighted by molar-refractivity contribution is 9.09. The van der Waals surface area contributed by atoms with Gasteiger partial charge in [0.15, 0.2) is 0 Å². The first-order chi connectivity index (χ1) is 17.4. The normalized spacial score (nSPS) is 45.3. The molecule has 3 N–H and O–H groups in total. The summed E-state index contributed by atoms with van der Waals surface area (Å²) in [5, 5.41) is 32.4. The highest BCUT2D eigenvalue weighted by Gasteiger charge is 2.54. The van der Waals surface area contributed by atoms with Crippen LogP contribution in [0.2, 0.25) is 0 Å². The fourth-order valence-corrected chi connectivity index (χ4v) is 7.35. The van der Waals surface area contributed by atoms with E-state index in [4.69, 9.17) is 18.9 Å². The van der Waals surface area contributed by atoms with Gasteiger partial charge in [-0.15, -0.1) is 0 Å². The van der Waals surface area contributed by atoms with Crippen LogP contribution >= 0.6 is 15.9 Å². The maximum absolute atomic E-state index is 11.0. The van der Waals surface area contributed by atoms with E-state index in [2.05, 4.69) is 50.2 Å². The number of aliphatic hydroxyl groups excluding tert-OH is 2. The Labute approximate surface area is 237 Å². The molecule has 8 heteroatoms. The molecule has 0 aromatic rings. The maximum Gasteiger partial charge on any atom is 0.0924 e. The van der Waals surface area contributed by atoms with Gasteiger partial charge in [0.2, 0.25) is 0 Å². The lowest BCUT2D eigenvalue weighted by Crippen LogP contribution is -2.62. The first-order valence-electron chi connectivity index (χ1n) is 14.5. The molecule has 0 aromatic heterocycles. The van der Waals surface area contributed by atoms with Crippen molar-refractivity contribution in [2.45, 2.75) is 176 Å². The molecule has 0 unspecified atom stereocenters. The van der Waals surface area contributed by atoms with Crippen LogP contribution in [-0.4, -0.2) is 84.8 Å². The van der Waals surface area contributed by atoms with Crippen LogP contribution in [0.15, 0.2) is 12.2 Å². The van der Waals surface area contributed by atoms with Gasteiger partial charge in [-0.1, -0.05) is 22.5 Å². The van der Waals surface area contributed by atoms with Gasteiger partial charge in [-0.3, -0.25) is 0 Å². The molecule has 0 amide bonds. The zero-order chi connectivity index (χ0) is 28.3. The van der Waals surface area contributed by atoms with E-state index in [1.807, 2.05) is 6.92 Å². The predicted octanol–water partition coefficient (Wildman–Crippen LogP) is 4.96. The second-order valence-corrected chi connectivity index (χ2v) is 15.2. The van der Waals surface area contributed by atoms with Crippen LogP contribution in [0.5, 0.6) is 0 Å². The summed E-state index contributed by atoms with van der Waals surface area (Å²) in [6.45, 7) is 18.1. The fourth-order valence-electron chi connectivity index (χ4n) is 7.03. The summed E-state index contributed by atoms with van der Waals surface area (Å²) in [6.07, 6.45) is 4.19. The molecule has 220 valence electrons. The Hall–Kier alpha value is -0.0600. The van der Waals surface area contributed by atoms with Crippen LogP contribution < -0.4 is 0 Å². The summed E-state index contributed by atoms with van der Waals surface area (Å²) in [5.41, 5.74) is -2.23. The Kier molecular flexibility index (Phi) is 8.66. The predicted molar refractivity (Wildman–Crippen MR) is 151 cm³/mol. The zero-order valence-corrected chi connectivity index (χ0v) is 26.1. The lowest BCUT2D eigenvalue weighted by molar-refractivity contribution is -0.285. The van der Waals surface area contributed by atoms with E-state index in [1.54, 1.807) is 13.8 Å². The molecule has 0 radical (unpaired) electrons. The first-order valence-corrected chi connectivity index (χ1v) is 15.4. The van der Waals surface area contributed by atoms with Gasteiger partial charge in [0.1, 0.15) is 0 Å². The molecule has 7 nitrogen and oxygen atoms in total. The molecule has 0 spiro atoms. The molecule has 0 aromatic carbocycles. The summed E-state index contributed by atoms with van der Waals surface area (Å²) < 4.78 is 26.0. The third-order valence-electron chi connectivity index (χ3n) is 9.94. The molecule has 0 aliphatic carbocycles. The number of halogens is 1. The minimum atomic E-state index is -0.976. The molecular formula is C30H51BrO7. The Bertz CT molecular complexity index is 873. The number of fused-ring (bicyclic) bond motifs is 1. The average Bonchev–Trinajstić information content (AvgIpc) is 3.24. The molecule has 0 bridgehead atoms. The lowest BCUT2D eigenvalue weighted by Gasteiger charge is -2.55. The van der Waals surface area contributed by atoms with E-state index in [9.17, 15) is 15.3 Å². The van der Waals surface area contributed by atoms with Crippen LogP contribution in [0.3, 0.4) is 0 Å². The van der Waals surface area contributed by atoms with Gasteiger partial charge >= 0.3 is 0 Å². The number of hydrogen-bond donors (Lipinski definition) is 3. The molecule has 10 atom stereocenters. The van der Waals surface area contributed by atoms with E-state index >= 15 is 0 Å². The van der Waals surface area contributed by atoms with Gasteiger partial charge in [0, 0.05) is 11.2 Å². The molecule has 4 fully saturated rings. The number of aliphatic hydroxyl groups is 3. The van der Waals surface area contributed by atoms with Crippen molar-refractivity contribution in [2.75, 3.05) is 0 Å². The minimum Gasteiger partial charge on any atom is -0.390 e. The zero-order valence-electron chi connectivity index (χ0n) is 24.5. The van der Waals surface area contributed by atoms with Crippen molar-refractivity contribution >= 4 is 15.9 Å². The van der Waals surface area contributed by atoms with Crippen LogP contribution in [-0.2, 0) is 18.9 Å². The molecule has 38 heavy (non-hydrogen) atoms. The summed E-state index contributed by atoms with van der Waals surface area (Å²) in [6, 6.07) is 0. The largest absolute Gasteiger partial charge is 0.390 e. The standard InChI is InChI=1S/C30H51BrO7/c1-18(19(32)17-22(33)28(6)15-12-23(37-28)26(2,3)34)20-9-10-24-29(7,36-20)16-13-25(35-24)30(8)14-11-21(31)27(4,5)38-30/h19-25,32-34H,1,9-17H2,2-8H3/t19-,20+,21+,22-,23+,24+,25+,28-,29-,30-/m0/s1. The number of alkyl halides is 1. The Balaban J connectivity index is 1.33. The molecule has 4 saturated heterocycles. The van der Waals surface area contributed by atoms with Gasteiger partial charge in [-0.25, -0.2) is 0 Å². The van der Waals surface area contributed by atoms with Crippen molar-refractivity contribution in [1.82, 2.24) is 0 Å². The van der Waals surface area contributed by atoms with Crippen LogP contribution in [0, 0.1) is 0 Å². The van der Waals surface area contributed by atoms with E-state index in [0.717, 1.165) is 32.1 Å². The first kappa shape index (κ1) is 30.9. The van der Waals surface area contributed by atoms with Gasteiger partial charge in [0.25, 0.3) is 0 Å². The number of ether oxygens (including phenoxy) is 4. The molecule has 4 rings (SSSR count). The Morgan fingerprint density at radius 2 is 1.55 bits per heavy atom. The molecule has 4 aliphatic rings. The van der Waals surface area contributed by atoms with E-state index in [0.29, 0.717) is 29.7 Å². The SMILES string of the molecule is C=C([C@@H](O)C[C@H](O)[C@]1(C)CC[C@H](C(C)(C)O)O1)[C@H]1CC[C@H]2O[C@@H]([C@]3(C)CC[C@@H](Br)C(C)(C)O3)CC[C@]2(C)O1. The molecule has 4 heterocycles. The highest BCUT2D eigenvalue weighted by atomic mass is 79.9. The second-order valence-electron chi connectivity index (χ2n) is 14.1. The quantitative estimate of drug-likeness (QED) is 0.280. The van der Waals surface area contributed by atoms with Gasteiger partial charge in [-0.2, -0.15) is 0 Å². The van der Waals surface area contributed by atoms with Crippen LogP contribution in [0.1, 0.15) is 106 Å².